The van der Waals surface area contributed by atoms with E-state index in [4.69, 9.17) is 25.9 Å². The van der Waals surface area contributed by atoms with Crippen LogP contribution in [0.5, 0.6) is 11.5 Å². The van der Waals surface area contributed by atoms with Crippen LogP contribution in [0.1, 0.15) is 73.2 Å². The number of imidazole rings is 2. The smallest absolute Gasteiger partial charge is 0.276 e. The van der Waals surface area contributed by atoms with Gasteiger partial charge in [0.25, 0.3) is 11.8 Å². The van der Waals surface area contributed by atoms with Gasteiger partial charge in [0.15, 0.2) is 0 Å². The molecule has 4 heterocycles. The molecular formula is C39H47N13O6. The lowest BCUT2D eigenvalue weighted by atomic mass is 10.1. The van der Waals surface area contributed by atoms with Crippen molar-refractivity contribution in [3.05, 3.63) is 82.5 Å². The first-order chi connectivity index (χ1) is 27.9. The van der Waals surface area contributed by atoms with E-state index < -0.39 is 23.6 Å². The van der Waals surface area contributed by atoms with E-state index in [9.17, 15) is 19.2 Å². The number of carbonyl (C=O) groups is 4. The van der Waals surface area contributed by atoms with Crippen LogP contribution in [0.3, 0.4) is 0 Å². The number of amides is 4. The summed E-state index contributed by atoms with van der Waals surface area (Å²) in [5, 5.41) is 17.7. The molecule has 4 amide bonds. The van der Waals surface area contributed by atoms with Gasteiger partial charge in [0, 0.05) is 43.5 Å². The number of nitrogens with two attached hydrogens (primary N) is 2. The lowest BCUT2D eigenvalue weighted by Crippen LogP contribution is -2.20. The van der Waals surface area contributed by atoms with E-state index in [0.717, 1.165) is 0 Å². The van der Waals surface area contributed by atoms with Crippen LogP contribution in [0.15, 0.2) is 48.7 Å². The van der Waals surface area contributed by atoms with Crippen LogP contribution in [0, 0.1) is 13.8 Å². The molecule has 0 atom stereocenters. The first-order valence-corrected chi connectivity index (χ1v) is 18.7. The topological polar surface area (TPSA) is 246 Å². The summed E-state index contributed by atoms with van der Waals surface area (Å²) in [7, 11) is 3.30. The average Bonchev–Trinajstić information content (AvgIpc) is 3.96. The Kier molecular flexibility index (Phi) is 12.2. The summed E-state index contributed by atoms with van der Waals surface area (Å²) in [6.45, 7) is 9.81. The third-order valence-electron chi connectivity index (χ3n) is 9.37. The monoisotopic (exact) mass is 793 g/mol. The second-order valence-corrected chi connectivity index (χ2v) is 13.4. The molecule has 0 bridgehead atoms. The molecule has 0 spiro atoms. The molecule has 7 N–H and O–H groups in total. The number of methoxy groups -OCH3 is 1. The van der Waals surface area contributed by atoms with Crippen LogP contribution in [0.25, 0.3) is 22.1 Å². The molecule has 4 aromatic heterocycles. The van der Waals surface area contributed by atoms with Crippen molar-refractivity contribution in [3.63, 3.8) is 0 Å². The molecule has 0 saturated heterocycles. The van der Waals surface area contributed by atoms with Crippen LogP contribution >= 0.6 is 0 Å². The fraction of sp³-hybridized carbons (Fsp3) is 0.333. The summed E-state index contributed by atoms with van der Waals surface area (Å²) in [4.78, 5) is 61.3. The number of carbonyl (C=O) groups excluding carboxylic acids is 4. The van der Waals surface area contributed by atoms with Crippen molar-refractivity contribution >= 4 is 57.6 Å². The second kappa shape index (κ2) is 17.4. The minimum Gasteiger partial charge on any atom is -0.494 e. The average molecular weight is 794 g/mol. The summed E-state index contributed by atoms with van der Waals surface area (Å²) in [5.41, 5.74) is 15.5. The number of benzene rings is 2. The van der Waals surface area contributed by atoms with Gasteiger partial charge in [0.05, 0.1) is 41.7 Å². The predicted octanol–water partition coefficient (Wildman–Crippen LogP) is 3.39. The highest BCUT2D eigenvalue weighted by atomic mass is 16.5. The van der Waals surface area contributed by atoms with E-state index in [1.165, 1.54) is 19.2 Å². The minimum absolute atomic E-state index is 0.174. The van der Waals surface area contributed by atoms with Gasteiger partial charge in [-0.2, -0.15) is 10.2 Å². The maximum absolute atomic E-state index is 13.7. The predicted molar refractivity (Wildman–Crippen MR) is 217 cm³/mol. The number of hydrogen-bond acceptors (Lipinski definition) is 11. The molecule has 0 aliphatic rings. The number of aryl methyl sites for hydroxylation is 4. The number of rotatable bonds is 18. The van der Waals surface area contributed by atoms with Gasteiger partial charge >= 0.3 is 0 Å². The Labute approximate surface area is 333 Å². The van der Waals surface area contributed by atoms with E-state index in [2.05, 4.69) is 31.1 Å². The molecule has 0 unspecified atom stereocenters. The molecule has 19 nitrogen and oxygen atoms in total. The van der Waals surface area contributed by atoms with E-state index in [1.54, 1.807) is 56.7 Å². The third kappa shape index (κ3) is 8.38. The Morgan fingerprint density at radius 1 is 0.793 bits per heavy atom. The Bertz CT molecular complexity index is 2560. The van der Waals surface area contributed by atoms with Gasteiger partial charge in [-0.3, -0.25) is 39.2 Å². The number of ether oxygens (including phenoxy) is 2. The van der Waals surface area contributed by atoms with Crippen LogP contribution < -0.4 is 36.9 Å². The van der Waals surface area contributed by atoms with Crippen molar-refractivity contribution in [2.75, 3.05) is 37.9 Å². The van der Waals surface area contributed by atoms with Crippen molar-refractivity contribution in [2.45, 2.75) is 60.3 Å². The molecule has 0 fully saturated rings. The van der Waals surface area contributed by atoms with E-state index in [0.29, 0.717) is 88.9 Å². The SMILES string of the molecule is CCn1cc(C(=O)Nc2nc3cc(C(N)=O)cc(OCCCNC)c3n2C/C=C/Cn2c(NC(=O)c3cc(C)nn3CC)nc3cc(C(N)=O)cc(OC)c32)c(C)n1. The number of hydrogen-bond donors (Lipinski definition) is 5. The Hall–Kier alpha value is -7.02. The van der Waals surface area contributed by atoms with Gasteiger partial charge in [-0.15, -0.1) is 0 Å². The standard InChI is InChI=1S/C39H47N13O6/c1-7-49-21-26(23(4)48-49)36(55)45-38-44-28-18-25(35(41)54)20-31(58-15-11-12-42-5)33(28)51(38)14-10-9-13-50-32-27(17-24(34(40)53)19-30(32)57-6)43-39(50)46-37(56)29-16-22(3)47-52(29)8-2/h9-10,16-21,42H,7-8,11-15H2,1-6H3,(H2,40,53)(H2,41,54)(H,43,46,56)(H,44,45,55)/b10-9+. The zero-order valence-electron chi connectivity index (χ0n) is 33.3. The maximum Gasteiger partial charge on any atom is 0.276 e. The summed E-state index contributed by atoms with van der Waals surface area (Å²) in [6.07, 6.45) is 6.04. The molecule has 0 saturated carbocycles. The van der Waals surface area contributed by atoms with E-state index in [-0.39, 0.29) is 36.1 Å². The van der Waals surface area contributed by atoms with Gasteiger partial charge in [0.2, 0.25) is 23.7 Å². The number of fused-ring (bicyclic) bond motifs is 2. The number of allylic oxidation sites excluding steroid dienone is 2. The highest BCUT2D eigenvalue weighted by Crippen LogP contribution is 2.33. The molecule has 58 heavy (non-hydrogen) atoms. The van der Waals surface area contributed by atoms with Crippen molar-refractivity contribution in [1.82, 2.24) is 44.0 Å². The Morgan fingerprint density at radius 2 is 1.38 bits per heavy atom. The van der Waals surface area contributed by atoms with Crippen molar-refractivity contribution < 1.29 is 28.7 Å². The Balaban J connectivity index is 1.41. The van der Waals surface area contributed by atoms with Gasteiger partial charge < -0.3 is 35.4 Å². The van der Waals surface area contributed by atoms with Crippen LogP contribution in [-0.4, -0.2) is 89.6 Å². The molecule has 0 radical (unpaired) electrons. The number of nitrogens with zero attached hydrogens (tertiary/aromatic N) is 8. The summed E-state index contributed by atoms with van der Waals surface area (Å²) in [6, 6.07) is 7.86. The molecule has 0 aliphatic heterocycles. The number of nitrogens with one attached hydrogen (secondary N) is 3. The maximum atomic E-state index is 13.7. The zero-order valence-corrected chi connectivity index (χ0v) is 33.3. The molecule has 0 aliphatic carbocycles. The molecule has 6 rings (SSSR count). The second-order valence-electron chi connectivity index (χ2n) is 13.4. The fourth-order valence-electron chi connectivity index (χ4n) is 6.55. The number of anilines is 2. The Morgan fingerprint density at radius 3 is 1.91 bits per heavy atom. The lowest BCUT2D eigenvalue weighted by Gasteiger charge is -2.13. The summed E-state index contributed by atoms with van der Waals surface area (Å²) in [5.74, 6) is -1.11. The molecule has 2 aromatic carbocycles. The normalized spacial score (nSPS) is 11.5. The van der Waals surface area contributed by atoms with Crippen molar-refractivity contribution in [2.24, 2.45) is 11.5 Å². The number of primary amides is 2. The first-order valence-electron chi connectivity index (χ1n) is 18.7. The number of aromatic nitrogens is 8. The van der Waals surface area contributed by atoms with Crippen LogP contribution in [0.2, 0.25) is 0 Å². The van der Waals surface area contributed by atoms with Gasteiger partial charge in [-0.1, -0.05) is 12.2 Å². The molecule has 6 aromatic rings. The zero-order chi connectivity index (χ0) is 41.7. The van der Waals surface area contributed by atoms with Crippen LogP contribution in [0.4, 0.5) is 11.9 Å². The molecular weight excluding hydrogens is 747 g/mol. The highest BCUT2D eigenvalue weighted by molar-refractivity contribution is 6.06. The van der Waals surface area contributed by atoms with Crippen molar-refractivity contribution in [3.8, 4) is 11.5 Å². The molecule has 304 valence electrons. The van der Waals surface area contributed by atoms with E-state index >= 15 is 0 Å². The molecule has 19 heteroatoms. The quantitative estimate of drug-likeness (QED) is 0.0624. The van der Waals surface area contributed by atoms with E-state index in [1.807, 2.05) is 33.0 Å². The van der Waals surface area contributed by atoms with Crippen LogP contribution in [-0.2, 0) is 26.2 Å². The summed E-state index contributed by atoms with van der Waals surface area (Å²) < 4.78 is 18.7. The third-order valence-corrected chi connectivity index (χ3v) is 9.37. The van der Waals surface area contributed by atoms with Gasteiger partial charge in [-0.25, -0.2) is 9.97 Å². The largest absolute Gasteiger partial charge is 0.494 e. The first kappa shape index (κ1) is 40.6. The highest BCUT2D eigenvalue weighted by Gasteiger charge is 2.23. The van der Waals surface area contributed by atoms with Gasteiger partial charge in [-0.05, 0) is 78.0 Å². The van der Waals surface area contributed by atoms with Crippen molar-refractivity contribution in [1.29, 1.82) is 0 Å². The fourth-order valence-corrected chi connectivity index (χ4v) is 6.55. The summed E-state index contributed by atoms with van der Waals surface area (Å²) >= 11 is 0. The minimum atomic E-state index is -0.666. The van der Waals surface area contributed by atoms with Gasteiger partial charge in [0.1, 0.15) is 28.2 Å². The lowest BCUT2D eigenvalue weighted by molar-refractivity contribution is 0.0991.